The van der Waals surface area contributed by atoms with Crippen molar-refractivity contribution < 1.29 is 13.9 Å². The highest BCUT2D eigenvalue weighted by Gasteiger charge is 2.17. The lowest BCUT2D eigenvalue weighted by atomic mass is 10.0. The van der Waals surface area contributed by atoms with E-state index in [4.69, 9.17) is 9.15 Å². The van der Waals surface area contributed by atoms with Crippen LogP contribution >= 0.6 is 0 Å². The van der Waals surface area contributed by atoms with E-state index in [9.17, 15) is 4.79 Å². The SMILES string of the molecule is COCCN(Cc1ccco1)C(=O)c1ccc(C(C)C)cc1. The number of methoxy groups -OCH3 is 1. The Morgan fingerprint density at radius 3 is 2.50 bits per heavy atom. The minimum atomic E-state index is -0.0104. The Morgan fingerprint density at radius 1 is 1.23 bits per heavy atom. The lowest BCUT2D eigenvalue weighted by Gasteiger charge is -2.21. The summed E-state index contributed by atoms with van der Waals surface area (Å²) < 4.78 is 10.4. The molecule has 4 heteroatoms. The third-order valence-electron chi connectivity index (χ3n) is 3.60. The van der Waals surface area contributed by atoms with Gasteiger partial charge in [0.25, 0.3) is 5.91 Å². The van der Waals surface area contributed by atoms with Gasteiger partial charge in [0.2, 0.25) is 0 Å². The summed E-state index contributed by atoms with van der Waals surface area (Å²) >= 11 is 0. The van der Waals surface area contributed by atoms with Gasteiger partial charge in [0.05, 0.1) is 19.4 Å². The number of furan rings is 1. The van der Waals surface area contributed by atoms with Gasteiger partial charge in [0.15, 0.2) is 0 Å². The smallest absolute Gasteiger partial charge is 0.254 e. The third kappa shape index (κ3) is 4.21. The Kier molecular flexibility index (Phi) is 5.78. The average Bonchev–Trinajstić information content (AvgIpc) is 3.04. The van der Waals surface area contributed by atoms with Gasteiger partial charge in [-0.15, -0.1) is 0 Å². The molecular formula is C18H23NO3. The molecule has 0 aliphatic rings. The molecule has 22 heavy (non-hydrogen) atoms. The van der Waals surface area contributed by atoms with Crippen LogP contribution < -0.4 is 0 Å². The molecule has 0 fully saturated rings. The van der Waals surface area contributed by atoms with Crippen LogP contribution in [0.1, 0.15) is 41.4 Å². The summed E-state index contributed by atoms with van der Waals surface area (Å²) in [7, 11) is 1.63. The van der Waals surface area contributed by atoms with Gasteiger partial charge in [-0.1, -0.05) is 26.0 Å². The van der Waals surface area contributed by atoms with Gasteiger partial charge in [0.1, 0.15) is 5.76 Å². The van der Waals surface area contributed by atoms with E-state index in [2.05, 4.69) is 13.8 Å². The lowest BCUT2D eigenvalue weighted by Crippen LogP contribution is -2.33. The van der Waals surface area contributed by atoms with Gasteiger partial charge < -0.3 is 14.1 Å². The first-order chi connectivity index (χ1) is 10.6. The van der Waals surface area contributed by atoms with Crippen LogP contribution in [0, 0.1) is 0 Å². The predicted octanol–water partition coefficient (Wildman–Crippen LogP) is 3.69. The van der Waals surface area contributed by atoms with Crippen LogP contribution in [0.3, 0.4) is 0 Å². The van der Waals surface area contributed by atoms with E-state index in [1.807, 2.05) is 36.4 Å². The van der Waals surface area contributed by atoms with Gasteiger partial charge in [-0.25, -0.2) is 0 Å². The molecule has 2 aromatic rings. The highest BCUT2D eigenvalue weighted by Crippen LogP contribution is 2.16. The molecule has 0 saturated carbocycles. The molecule has 1 heterocycles. The Bertz CT molecular complexity index is 573. The largest absolute Gasteiger partial charge is 0.467 e. The number of carbonyl (C=O) groups excluding carboxylic acids is 1. The molecule has 1 amide bonds. The minimum Gasteiger partial charge on any atom is -0.467 e. The Morgan fingerprint density at radius 2 is 1.95 bits per heavy atom. The Labute approximate surface area is 131 Å². The molecule has 0 atom stereocenters. The average molecular weight is 301 g/mol. The number of nitrogens with zero attached hydrogens (tertiary/aromatic N) is 1. The van der Waals surface area contributed by atoms with Crippen molar-refractivity contribution in [2.24, 2.45) is 0 Å². The standard InChI is InChI=1S/C18H23NO3/c1-14(2)15-6-8-16(9-7-15)18(20)19(10-12-21-3)13-17-5-4-11-22-17/h4-9,11,14H,10,12-13H2,1-3H3. The van der Waals surface area contributed by atoms with E-state index in [0.717, 1.165) is 5.76 Å². The van der Waals surface area contributed by atoms with Crippen LogP contribution in [0.4, 0.5) is 0 Å². The number of hydrogen-bond acceptors (Lipinski definition) is 3. The summed E-state index contributed by atoms with van der Waals surface area (Å²) in [6.45, 7) is 5.75. The van der Waals surface area contributed by atoms with Crippen molar-refractivity contribution in [1.29, 1.82) is 0 Å². The van der Waals surface area contributed by atoms with Gasteiger partial charge in [-0.2, -0.15) is 0 Å². The zero-order valence-corrected chi connectivity index (χ0v) is 13.4. The molecule has 118 valence electrons. The molecule has 0 N–H and O–H groups in total. The fraction of sp³-hybridized carbons (Fsp3) is 0.389. The molecule has 0 aliphatic carbocycles. The molecule has 1 aromatic carbocycles. The molecule has 2 rings (SSSR count). The van der Waals surface area contributed by atoms with Crippen LogP contribution in [0.15, 0.2) is 47.1 Å². The Balaban J connectivity index is 2.13. The second-order valence-corrected chi connectivity index (χ2v) is 5.58. The number of hydrogen-bond donors (Lipinski definition) is 0. The van der Waals surface area contributed by atoms with Gasteiger partial charge in [-0.3, -0.25) is 4.79 Å². The lowest BCUT2D eigenvalue weighted by molar-refractivity contribution is 0.0666. The molecule has 0 saturated heterocycles. The molecule has 0 aliphatic heterocycles. The van der Waals surface area contributed by atoms with E-state index in [0.29, 0.717) is 31.2 Å². The first kappa shape index (κ1) is 16.3. The van der Waals surface area contributed by atoms with Crippen molar-refractivity contribution in [2.75, 3.05) is 20.3 Å². The Hall–Kier alpha value is -2.07. The second kappa shape index (κ2) is 7.80. The van der Waals surface area contributed by atoms with E-state index in [-0.39, 0.29) is 5.91 Å². The second-order valence-electron chi connectivity index (χ2n) is 5.58. The summed E-state index contributed by atoms with van der Waals surface area (Å²) in [6.07, 6.45) is 1.62. The highest BCUT2D eigenvalue weighted by atomic mass is 16.5. The highest BCUT2D eigenvalue weighted by molar-refractivity contribution is 5.94. The monoisotopic (exact) mass is 301 g/mol. The van der Waals surface area contributed by atoms with Crippen molar-refractivity contribution >= 4 is 5.91 Å². The van der Waals surface area contributed by atoms with Crippen LogP contribution in [0.2, 0.25) is 0 Å². The van der Waals surface area contributed by atoms with E-state index in [1.165, 1.54) is 5.56 Å². The predicted molar refractivity (Wildman–Crippen MR) is 85.9 cm³/mol. The van der Waals surface area contributed by atoms with E-state index in [1.54, 1.807) is 18.3 Å². The van der Waals surface area contributed by atoms with E-state index >= 15 is 0 Å². The zero-order valence-electron chi connectivity index (χ0n) is 13.4. The summed E-state index contributed by atoms with van der Waals surface area (Å²) in [5, 5.41) is 0. The van der Waals surface area contributed by atoms with Crippen LogP contribution in [0.5, 0.6) is 0 Å². The topological polar surface area (TPSA) is 42.7 Å². The summed E-state index contributed by atoms with van der Waals surface area (Å²) in [5.41, 5.74) is 1.91. The fourth-order valence-electron chi connectivity index (χ4n) is 2.24. The quantitative estimate of drug-likeness (QED) is 0.783. The van der Waals surface area contributed by atoms with Crippen molar-refractivity contribution in [3.8, 4) is 0 Å². The maximum absolute atomic E-state index is 12.7. The zero-order chi connectivity index (χ0) is 15.9. The molecule has 4 nitrogen and oxygen atoms in total. The fourth-order valence-corrected chi connectivity index (χ4v) is 2.24. The van der Waals surface area contributed by atoms with Crippen molar-refractivity contribution in [3.05, 3.63) is 59.5 Å². The maximum Gasteiger partial charge on any atom is 0.254 e. The number of ether oxygens (including phenoxy) is 1. The van der Waals surface area contributed by atoms with Gasteiger partial charge in [0, 0.05) is 19.2 Å². The summed E-state index contributed by atoms with van der Waals surface area (Å²) in [4.78, 5) is 14.4. The molecule has 0 unspecified atom stereocenters. The first-order valence-corrected chi connectivity index (χ1v) is 7.52. The summed E-state index contributed by atoms with van der Waals surface area (Å²) in [5.74, 6) is 1.21. The van der Waals surface area contributed by atoms with Crippen molar-refractivity contribution in [3.63, 3.8) is 0 Å². The van der Waals surface area contributed by atoms with Crippen molar-refractivity contribution in [1.82, 2.24) is 4.90 Å². The minimum absolute atomic E-state index is 0.0104. The van der Waals surface area contributed by atoms with Crippen LogP contribution in [-0.4, -0.2) is 31.1 Å². The van der Waals surface area contributed by atoms with E-state index < -0.39 is 0 Å². The number of rotatable bonds is 7. The van der Waals surface area contributed by atoms with Gasteiger partial charge in [-0.05, 0) is 35.7 Å². The number of amides is 1. The van der Waals surface area contributed by atoms with Crippen LogP contribution in [-0.2, 0) is 11.3 Å². The molecule has 0 spiro atoms. The molecule has 0 bridgehead atoms. The molecular weight excluding hydrogens is 278 g/mol. The molecule has 1 aromatic heterocycles. The number of carbonyl (C=O) groups is 1. The van der Waals surface area contributed by atoms with Gasteiger partial charge >= 0.3 is 0 Å². The molecule has 0 radical (unpaired) electrons. The normalized spacial score (nSPS) is 10.9. The third-order valence-corrected chi connectivity index (χ3v) is 3.60. The number of benzene rings is 1. The van der Waals surface area contributed by atoms with Crippen molar-refractivity contribution in [2.45, 2.75) is 26.3 Å². The summed E-state index contributed by atoms with van der Waals surface area (Å²) in [6, 6.07) is 11.5. The first-order valence-electron chi connectivity index (χ1n) is 7.52. The van der Waals surface area contributed by atoms with Crippen LogP contribution in [0.25, 0.3) is 0 Å². The maximum atomic E-state index is 12.7.